The highest BCUT2D eigenvalue weighted by molar-refractivity contribution is 6.31. The molecule has 3 heteroatoms. The first-order valence-corrected chi connectivity index (χ1v) is 12.0. The minimum atomic E-state index is 0.873. The normalized spacial score (nSPS) is 11.9. The van der Waals surface area contributed by atoms with Gasteiger partial charge in [0.2, 0.25) is 0 Å². The number of benzene rings is 5. The second-order valence-electron chi connectivity index (χ2n) is 9.17. The van der Waals surface area contributed by atoms with Crippen molar-refractivity contribution in [2.24, 2.45) is 0 Å². The molecule has 0 spiro atoms. The molecule has 5 aromatic carbocycles. The molecule has 8 rings (SSSR count). The van der Waals surface area contributed by atoms with Crippen molar-refractivity contribution in [1.29, 1.82) is 0 Å². The number of para-hydroxylation sites is 1. The molecule has 0 aliphatic rings. The molecule has 0 N–H and O–H groups in total. The first-order valence-electron chi connectivity index (χ1n) is 12.0. The highest BCUT2D eigenvalue weighted by Gasteiger charge is 2.19. The van der Waals surface area contributed by atoms with E-state index in [0.29, 0.717) is 0 Å². The molecule has 0 unspecified atom stereocenters. The summed E-state index contributed by atoms with van der Waals surface area (Å²) >= 11 is 0. The van der Waals surface area contributed by atoms with Crippen molar-refractivity contribution >= 4 is 54.6 Å². The van der Waals surface area contributed by atoms with Crippen molar-refractivity contribution in [1.82, 2.24) is 4.98 Å². The average molecular weight is 462 g/mol. The molecule has 3 heterocycles. The summed E-state index contributed by atoms with van der Waals surface area (Å²) in [6, 6.07) is 35.8. The molecule has 0 aliphatic heterocycles. The lowest BCUT2D eigenvalue weighted by molar-refractivity contribution is 0.663. The second kappa shape index (κ2) is 7.30. The number of pyridine rings is 1. The van der Waals surface area contributed by atoms with E-state index in [1.165, 1.54) is 10.8 Å². The lowest BCUT2D eigenvalue weighted by Gasteiger charge is -2.10. The molecule has 0 amide bonds. The number of nitrogens with zero attached hydrogens (tertiary/aromatic N) is 1. The van der Waals surface area contributed by atoms with Crippen LogP contribution in [0.5, 0.6) is 0 Å². The van der Waals surface area contributed by atoms with E-state index < -0.39 is 0 Å². The monoisotopic (exact) mass is 461 g/mol. The van der Waals surface area contributed by atoms with Crippen LogP contribution < -0.4 is 0 Å². The number of fused-ring (bicyclic) bond motifs is 9. The average Bonchev–Trinajstić information content (AvgIpc) is 3.51. The van der Waals surface area contributed by atoms with Crippen LogP contribution in [0.3, 0.4) is 0 Å². The zero-order valence-corrected chi connectivity index (χ0v) is 19.2. The third-order valence-corrected chi connectivity index (χ3v) is 7.17. The lowest BCUT2D eigenvalue weighted by Crippen LogP contribution is -1.84. The standard InChI is InChI=1S/C33H19NO2/c1-2-8-24-23(7-1)26(21-13-11-20(12-14-21)22-6-5-17-34-19-22)18-30-31(24)33-29(36-30)16-15-28-32(33)25-9-3-4-10-27(25)35-28/h1-19H. The van der Waals surface area contributed by atoms with E-state index in [-0.39, 0.29) is 0 Å². The minimum Gasteiger partial charge on any atom is -0.456 e. The smallest absolute Gasteiger partial charge is 0.136 e. The Morgan fingerprint density at radius 3 is 1.92 bits per heavy atom. The number of furan rings is 2. The Morgan fingerprint density at radius 1 is 0.444 bits per heavy atom. The highest BCUT2D eigenvalue weighted by Crippen LogP contribution is 2.44. The number of aromatic nitrogens is 1. The van der Waals surface area contributed by atoms with Crippen LogP contribution in [0.1, 0.15) is 0 Å². The van der Waals surface area contributed by atoms with E-state index in [0.717, 1.165) is 66.1 Å². The molecule has 0 atom stereocenters. The predicted octanol–water partition coefficient (Wildman–Crippen LogP) is 9.37. The van der Waals surface area contributed by atoms with E-state index in [9.17, 15) is 0 Å². The van der Waals surface area contributed by atoms with Crippen LogP contribution in [0.4, 0.5) is 0 Å². The molecule has 3 aromatic heterocycles. The van der Waals surface area contributed by atoms with Crippen molar-refractivity contribution in [3.05, 3.63) is 116 Å². The Hall–Kier alpha value is -4.89. The fraction of sp³-hybridized carbons (Fsp3) is 0. The van der Waals surface area contributed by atoms with Gasteiger partial charge in [0.25, 0.3) is 0 Å². The summed E-state index contributed by atoms with van der Waals surface area (Å²) in [6.45, 7) is 0. The van der Waals surface area contributed by atoms with Crippen molar-refractivity contribution in [3.8, 4) is 22.3 Å². The molecular formula is C33H19NO2. The summed E-state index contributed by atoms with van der Waals surface area (Å²) in [6.07, 6.45) is 3.69. The van der Waals surface area contributed by atoms with Gasteiger partial charge in [-0.05, 0) is 63.4 Å². The van der Waals surface area contributed by atoms with Crippen molar-refractivity contribution in [2.45, 2.75) is 0 Å². The van der Waals surface area contributed by atoms with E-state index >= 15 is 0 Å². The fourth-order valence-corrected chi connectivity index (χ4v) is 5.55. The third kappa shape index (κ3) is 2.71. The molecular weight excluding hydrogens is 442 g/mol. The number of rotatable bonds is 2. The fourth-order valence-electron chi connectivity index (χ4n) is 5.55. The van der Waals surface area contributed by atoms with Crippen molar-refractivity contribution in [3.63, 3.8) is 0 Å². The van der Waals surface area contributed by atoms with Gasteiger partial charge in [-0.2, -0.15) is 0 Å². The van der Waals surface area contributed by atoms with Crippen LogP contribution in [0.2, 0.25) is 0 Å². The van der Waals surface area contributed by atoms with Crippen molar-refractivity contribution in [2.75, 3.05) is 0 Å². The van der Waals surface area contributed by atoms with Crippen LogP contribution in [0.25, 0.3) is 76.9 Å². The predicted molar refractivity (Wildman–Crippen MR) is 147 cm³/mol. The SMILES string of the molecule is c1cncc(-c2ccc(-c3cc4oc5ccc6oc7ccccc7c6c5c4c4ccccc34)cc2)c1. The lowest BCUT2D eigenvalue weighted by atomic mass is 9.93. The summed E-state index contributed by atoms with van der Waals surface area (Å²) in [5.74, 6) is 0. The summed E-state index contributed by atoms with van der Waals surface area (Å²) in [7, 11) is 0. The summed E-state index contributed by atoms with van der Waals surface area (Å²) in [5.41, 5.74) is 8.09. The Bertz CT molecular complexity index is 2080. The molecule has 0 aliphatic carbocycles. The first kappa shape index (κ1) is 19.4. The molecule has 0 bridgehead atoms. The Balaban J connectivity index is 1.43. The quantitative estimate of drug-likeness (QED) is 0.257. The van der Waals surface area contributed by atoms with Gasteiger partial charge in [-0.3, -0.25) is 4.98 Å². The van der Waals surface area contributed by atoms with Crippen LogP contribution in [0.15, 0.2) is 124 Å². The molecule has 3 nitrogen and oxygen atoms in total. The molecule has 8 aromatic rings. The van der Waals surface area contributed by atoms with Crippen molar-refractivity contribution < 1.29 is 8.83 Å². The van der Waals surface area contributed by atoms with E-state index in [4.69, 9.17) is 8.83 Å². The van der Waals surface area contributed by atoms with Crippen LogP contribution >= 0.6 is 0 Å². The van der Waals surface area contributed by atoms with Crippen LogP contribution in [0, 0.1) is 0 Å². The van der Waals surface area contributed by atoms with Gasteiger partial charge in [-0.25, -0.2) is 0 Å². The maximum atomic E-state index is 6.49. The van der Waals surface area contributed by atoms with Gasteiger partial charge in [-0.15, -0.1) is 0 Å². The van der Waals surface area contributed by atoms with E-state index in [1.54, 1.807) is 6.20 Å². The maximum Gasteiger partial charge on any atom is 0.136 e. The molecule has 168 valence electrons. The molecule has 36 heavy (non-hydrogen) atoms. The number of hydrogen-bond acceptors (Lipinski definition) is 3. The molecule has 0 saturated heterocycles. The second-order valence-corrected chi connectivity index (χ2v) is 9.17. The first-order chi connectivity index (χ1) is 17.8. The van der Waals surface area contributed by atoms with Crippen LogP contribution in [-0.4, -0.2) is 4.98 Å². The Labute approximate surface area is 206 Å². The van der Waals surface area contributed by atoms with Crippen LogP contribution in [-0.2, 0) is 0 Å². The van der Waals surface area contributed by atoms with Gasteiger partial charge in [0.1, 0.15) is 22.3 Å². The maximum absolute atomic E-state index is 6.49. The summed E-state index contributed by atoms with van der Waals surface area (Å²) in [4.78, 5) is 4.25. The molecule has 0 saturated carbocycles. The highest BCUT2D eigenvalue weighted by atomic mass is 16.3. The van der Waals surface area contributed by atoms with E-state index in [2.05, 4.69) is 77.8 Å². The summed E-state index contributed by atoms with van der Waals surface area (Å²) in [5, 5.41) is 6.85. The topological polar surface area (TPSA) is 39.2 Å². The zero-order valence-electron chi connectivity index (χ0n) is 19.2. The third-order valence-electron chi connectivity index (χ3n) is 7.17. The Kier molecular flexibility index (Phi) is 3.94. The molecule has 0 fully saturated rings. The van der Waals surface area contributed by atoms with E-state index in [1.807, 2.05) is 36.5 Å². The van der Waals surface area contributed by atoms with Gasteiger partial charge in [-0.1, -0.05) is 72.8 Å². The molecule has 0 radical (unpaired) electrons. The number of hydrogen-bond donors (Lipinski definition) is 0. The Morgan fingerprint density at radius 2 is 1.11 bits per heavy atom. The summed E-state index contributed by atoms with van der Waals surface area (Å²) < 4.78 is 12.7. The van der Waals surface area contributed by atoms with Gasteiger partial charge in [0.15, 0.2) is 0 Å². The zero-order chi connectivity index (χ0) is 23.6. The van der Waals surface area contributed by atoms with Gasteiger partial charge >= 0.3 is 0 Å². The van der Waals surface area contributed by atoms with Gasteiger partial charge in [0, 0.05) is 33.9 Å². The largest absolute Gasteiger partial charge is 0.456 e. The van der Waals surface area contributed by atoms with Gasteiger partial charge in [0.05, 0.1) is 0 Å². The van der Waals surface area contributed by atoms with Gasteiger partial charge < -0.3 is 8.83 Å². The minimum absolute atomic E-state index is 0.873.